The minimum absolute atomic E-state index is 0.111. The molecule has 1 unspecified atom stereocenters. The first-order valence-corrected chi connectivity index (χ1v) is 35.0. The number of carbonyl (C=O) groups is 11. The van der Waals surface area contributed by atoms with E-state index in [9.17, 15) is 78.3 Å². The number of hydrogen-bond donors (Lipinski definition) is 12. The lowest BCUT2D eigenvalue weighted by Crippen LogP contribution is -2.60. The van der Waals surface area contributed by atoms with Gasteiger partial charge >= 0.3 is 12.1 Å². The molecule has 17 atom stereocenters. The summed E-state index contributed by atoms with van der Waals surface area (Å²) in [5.74, 6) is -10.8. The van der Waals surface area contributed by atoms with E-state index in [1.165, 1.54) is 44.4 Å². The highest BCUT2D eigenvalue weighted by molar-refractivity contribution is 6.15. The van der Waals surface area contributed by atoms with Gasteiger partial charge in [-0.2, -0.15) is 0 Å². The van der Waals surface area contributed by atoms with Crippen LogP contribution in [-0.4, -0.2) is 251 Å². The number of amides is 10. The number of rotatable bonds is 39. The number of carboxylic acid groups (broad SMARTS) is 1. The fraction of sp³-hybridized carbons (Fsp3) is 0.648. The number of methoxy groups -OCH3 is 2. The molecule has 1 aliphatic carbocycles. The Morgan fingerprint density at radius 1 is 0.775 bits per heavy atom. The number of carboxylic acids is 1. The third-order valence-electron chi connectivity index (χ3n) is 19.5. The monoisotopic (exact) mass is 1440 g/mol. The molecule has 0 bridgehead atoms. The Balaban J connectivity index is 1.29. The molecule has 102 heavy (non-hydrogen) atoms. The van der Waals surface area contributed by atoms with Crippen LogP contribution in [0.3, 0.4) is 0 Å². The molecule has 2 aromatic carbocycles. The molecule has 3 aliphatic rings. The predicted molar refractivity (Wildman–Crippen MR) is 373 cm³/mol. The maximum absolute atomic E-state index is 14.9. The summed E-state index contributed by atoms with van der Waals surface area (Å²) in [4.78, 5) is 155. The van der Waals surface area contributed by atoms with Crippen LogP contribution >= 0.6 is 0 Å². The van der Waals surface area contributed by atoms with Gasteiger partial charge in [0, 0.05) is 72.9 Å². The molecule has 2 fully saturated rings. The Labute approximate surface area is 596 Å². The van der Waals surface area contributed by atoms with Crippen molar-refractivity contribution in [3.63, 3.8) is 0 Å². The SMILES string of the molecule is CC[C@H](C)[C@@H]([C@@H](CC(=O)N1CCC[C@H]1[C@H](OC)[C@@H](C)C(=O)N[C@H](C)[C@@H](O)c1ccccc1)OC)N(C)C(=O)C(NC(=O)[C@H](C(C)C)N(C)C(=O)OCc1ccc(O[C@@H]2C[C@H](C(=O)O)[C@@H](O)[C@H](O)[C@H]2O)c(NC(=O)CCNC(=O)[C@H](CCCCNC)NC(=O)[C@@H](CN)N2C(=O)C=CC2=O)c1)C(C)C. The molecule has 31 nitrogen and oxygen atoms in total. The summed E-state index contributed by atoms with van der Waals surface area (Å²) in [5.41, 5.74) is 6.58. The summed E-state index contributed by atoms with van der Waals surface area (Å²) < 4.78 is 23.9. The molecular weight excluding hydrogens is 1330 g/mol. The standard InChI is InChI=1S/C71H109N11O20/c1-14-40(6)59(51(99-12)35-56(86)81-32-20-24-48(81)64(100-13)41(7)65(91)75-42(8)60(87)44-21-16-15-17-22-44)79(10)69(95)57(38(2)3)78-68(94)58(39(4)5)80(11)71(98)101-37-43-25-26-50(102-52-34-45(70(96)97)61(88)63(90)62(52)89)47(33-43)76-53(83)29-31-74-66(92)46(23-18-19-30-73-9)77-67(93)49(36-72)82-54(84)27-28-55(82)85/h15-17,21-22,25-28,33,38-42,45-46,48-49,51-52,57-64,73,87-90H,14,18-20,23-24,29-32,34-37,72H2,1-13H3,(H,74,92)(H,75,91)(H,76,83)(H,77,93)(H,78,94)(H,96,97)/t40-,41+,42+,45-,46-,48-,49+,51+,52+,57?,58-,59-,60+,61+,62-,63-,64+/m0/s1. The topological polar surface area (TPSA) is 437 Å². The molecule has 2 aromatic rings. The van der Waals surface area contributed by atoms with Gasteiger partial charge in [-0.05, 0) is 93.6 Å². The molecule has 13 N–H and O–H groups in total. The molecule has 31 heteroatoms. The van der Waals surface area contributed by atoms with E-state index in [1.807, 2.05) is 19.9 Å². The highest BCUT2D eigenvalue weighted by Gasteiger charge is 2.48. The van der Waals surface area contributed by atoms with E-state index in [2.05, 4.69) is 31.9 Å². The Morgan fingerprint density at radius 2 is 1.44 bits per heavy atom. The van der Waals surface area contributed by atoms with E-state index >= 15 is 0 Å². The van der Waals surface area contributed by atoms with Crippen molar-refractivity contribution < 1.29 is 97.2 Å². The number of ether oxygens (including phenoxy) is 4. The first-order chi connectivity index (χ1) is 48.3. The van der Waals surface area contributed by atoms with E-state index in [4.69, 9.17) is 24.7 Å². The van der Waals surface area contributed by atoms with Crippen molar-refractivity contribution in [1.29, 1.82) is 0 Å². The number of likely N-dealkylation sites (N-methyl/N-ethyl adjacent to an activating group) is 2. The van der Waals surface area contributed by atoms with E-state index in [1.54, 1.807) is 84.8 Å². The van der Waals surface area contributed by atoms with Crippen molar-refractivity contribution >= 4 is 70.9 Å². The molecule has 0 spiro atoms. The molecule has 10 amide bonds. The van der Waals surface area contributed by atoms with E-state index < -0.39 is 188 Å². The lowest BCUT2D eigenvalue weighted by molar-refractivity contribution is -0.174. The zero-order valence-electron chi connectivity index (χ0n) is 60.9. The van der Waals surface area contributed by atoms with Crippen molar-refractivity contribution in [1.82, 2.24) is 46.2 Å². The quantitative estimate of drug-likeness (QED) is 0.0329. The van der Waals surface area contributed by atoms with Crippen LogP contribution in [0, 0.1) is 29.6 Å². The van der Waals surface area contributed by atoms with Crippen LogP contribution in [0.2, 0.25) is 0 Å². The first kappa shape index (κ1) is 84.5. The number of likely N-dealkylation sites (tertiary alicyclic amines) is 1. The second-order valence-electron chi connectivity index (χ2n) is 27.3. The number of aliphatic hydroxyl groups is 4. The fourth-order valence-electron chi connectivity index (χ4n) is 13.4. The lowest BCUT2D eigenvalue weighted by atomic mass is 9.80. The summed E-state index contributed by atoms with van der Waals surface area (Å²) in [7, 11) is 7.64. The highest BCUT2D eigenvalue weighted by Crippen LogP contribution is 2.35. The molecule has 0 aromatic heterocycles. The second-order valence-corrected chi connectivity index (χ2v) is 27.3. The maximum atomic E-state index is 14.9. The number of nitrogens with zero attached hydrogens (tertiary/aromatic N) is 4. The third-order valence-corrected chi connectivity index (χ3v) is 19.5. The number of unbranched alkanes of at least 4 members (excludes halogenated alkanes) is 1. The van der Waals surface area contributed by atoms with Gasteiger partial charge in [0.1, 0.15) is 54.8 Å². The average molecular weight is 1440 g/mol. The normalized spacial score (nSPS) is 21.5. The largest absolute Gasteiger partial charge is 0.485 e. The zero-order chi connectivity index (χ0) is 76.0. The molecule has 0 radical (unpaired) electrons. The van der Waals surface area contributed by atoms with Crippen LogP contribution in [0.15, 0.2) is 60.7 Å². The van der Waals surface area contributed by atoms with Gasteiger partial charge in [0.05, 0.1) is 66.5 Å². The molecule has 1 saturated heterocycles. The maximum Gasteiger partial charge on any atom is 0.410 e. The Hall–Kier alpha value is -8.17. The smallest absolute Gasteiger partial charge is 0.410 e. The Morgan fingerprint density at radius 3 is 2.03 bits per heavy atom. The number of benzene rings is 2. The number of aliphatic carboxylic acids is 1. The van der Waals surface area contributed by atoms with Gasteiger partial charge in [-0.15, -0.1) is 0 Å². The average Bonchev–Trinajstić information content (AvgIpc) is 1.15. The number of carbonyl (C=O) groups excluding carboxylic acids is 10. The summed E-state index contributed by atoms with van der Waals surface area (Å²) in [6.07, 6.45) is -6.59. The van der Waals surface area contributed by atoms with Crippen LogP contribution in [0.25, 0.3) is 0 Å². The van der Waals surface area contributed by atoms with Crippen LogP contribution in [0.5, 0.6) is 5.75 Å². The highest BCUT2D eigenvalue weighted by atomic mass is 16.6. The van der Waals surface area contributed by atoms with Crippen LogP contribution < -0.4 is 42.4 Å². The number of nitrogens with two attached hydrogens (primary N) is 1. The van der Waals surface area contributed by atoms with E-state index in [0.717, 1.165) is 17.1 Å². The van der Waals surface area contributed by atoms with E-state index in [0.29, 0.717) is 55.7 Å². The first-order valence-electron chi connectivity index (χ1n) is 35.0. The minimum atomic E-state index is -1.94. The van der Waals surface area contributed by atoms with Crippen molar-refractivity contribution in [3.05, 3.63) is 71.8 Å². The zero-order valence-corrected chi connectivity index (χ0v) is 60.9. The number of anilines is 1. The molecular formula is C71H109N11O20. The second kappa shape index (κ2) is 40.0. The van der Waals surface area contributed by atoms with Gasteiger partial charge in [-0.3, -0.25) is 57.7 Å². The number of nitrogens with one attached hydrogen (secondary N) is 6. The van der Waals surface area contributed by atoms with Crippen molar-refractivity contribution in [2.24, 2.45) is 35.3 Å². The van der Waals surface area contributed by atoms with Gasteiger partial charge in [0.25, 0.3) is 11.8 Å². The number of imide groups is 1. The molecule has 1 saturated carbocycles. The van der Waals surface area contributed by atoms with Gasteiger partial charge < -0.3 is 91.9 Å². The van der Waals surface area contributed by atoms with Crippen LogP contribution in [0.1, 0.15) is 130 Å². The summed E-state index contributed by atoms with van der Waals surface area (Å²) in [6, 6.07) is 6.29. The van der Waals surface area contributed by atoms with E-state index in [-0.39, 0.29) is 54.1 Å². The molecule has 568 valence electrons. The number of hydrogen-bond acceptors (Lipinski definition) is 21. The summed E-state index contributed by atoms with van der Waals surface area (Å²) in [6.45, 7) is 14.0. The number of aliphatic hydroxyl groups excluding tert-OH is 4. The van der Waals surface area contributed by atoms with Crippen LogP contribution in [-0.2, 0) is 68.8 Å². The summed E-state index contributed by atoms with van der Waals surface area (Å²) >= 11 is 0. The molecule has 2 aliphatic heterocycles. The van der Waals surface area contributed by atoms with Gasteiger partial charge in [0.2, 0.25) is 41.4 Å². The van der Waals surface area contributed by atoms with Gasteiger partial charge in [-0.1, -0.05) is 91.3 Å². The predicted octanol–water partition coefficient (Wildman–Crippen LogP) is 1.09. The van der Waals surface area contributed by atoms with Crippen LogP contribution in [0.4, 0.5) is 10.5 Å². The van der Waals surface area contributed by atoms with Crippen molar-refractivity contribution in [2.75, 3.05) is 66.9 Å². The van der Waals surface area contributed by atoms with Gasteiger partial charge in [0.15, 0.2) is 0 Å². The van der Waals surface area contributed by atoms with Crippen molar-refractivity contribution in [3.8, 4) is 5.75 Å². The fourth-order valence-corrected chi connectivity index (χ4v) is 13.4. The lowest BCUT2D eigenvalue weighted by Gasteiger charge is -2.41. The van der Waals surface area contributed by atoms with Crippen molar-refractivity contribution in [2.45, 2.75) is 205 Å². The minimum Gasteiger partial charge on any atom is -0.485 e. The van der Waals surface area contributed by atoms with Gasteiger partial charge in [-0.25, -0.2) is 4.79 Å². The molecule has 5 rings (SSSR count). The molecule has 2 heterocycles. The Kier molecular flexibility index (Phi) is 33.2. The Bertz CT molecular complexity index is 3200. The summed E-state index contributed by atoms with van der Waals surface area (Å²) in [5, 5.41) is 69.6. The third kappa shape index (κ3) is 22.2.